The predicted octanol–water partition coefficient (Wildman–Crippen LogP) is 3.44. The van der Waals surface area contributed by atoms with Crippen LogP contribution in [0.2, 0.25) is 0 Å². The first-order chi connectivity index (χ1) is 7.71. The van der Waals surface area contributed by atoms with Gasteiger partial charge in [0.2, 0.25) is 0 Å². The Labute approximate surface area is 108 Å². The Kier molecular flexibility index (Phi) is 2.77. The summed E-state index contributed by atoms with van der Waals surface area (Å²) in [4.78, 5) is 0. The van der Waals surface area contributed by atoms with E-state index in [1.54, 1.807) is 0 Å². The van der Waals surface area contributed by atoms with Gasteiger partial charge >= 0.3 is 9.84 Å². The summed E-state index contributed by atoms with van der Waals surface area (Å²) in [7, 11) is 0.698. The number of fused-ring (bicyclic) bond motifs is 1. The van der Waals surface area contributed by atoms with Crippen molar-refractivity contribution in [1.29, 1.82) is 0 Å². The second-order valence-electron chi connectivity index (χ2n) is 6.60. The van der Waals surface area contributed by atoms with Gasteiger partial charge in [-0.25, -0.2) is 0 Å². The van der Waals surface area contributed by atoms with E-state index in [0.29, 0.717) is 9.84 Å². The van der Waals surface area contributed by atoms with Crippen LogP contribution in [-0.4, -0.2) is 20.9 Å². The van der Waals surface area contributed by atoms with Crippen LogP contribution in [0.15, 0.2) is 24.3 Å². The van der Waals surface area contributed by atoms with Crippen LogP contribution in [0.1, 0.15) is 41.5 Å². The molecule has 0 saturated carbocycles. The molecule has 1 aliphatic rings. The van der Waals surface area contributed by atoms with Gasteiger partial charge < -0.3 is 9.13 Å². The summed E-state index contributed by atoms with van der Waals surface area (Å²) in [6.07, 6.45) is 0. The molecule has 3 heteroatoms. The van der Waals surface area contributed by atoms with Gasteiger partial charge in [0.05, 0.1) is 11.4 Å². The average molecular weight is 246 g/mol. The average Bonchev–Trinajstić information content (AvgIpc) is 2.55. The van der Waals surface area contributed by atoms with E-state index in [9.17, 15) is 0 Å². The van der Waals surface area contributed by atoms with Crippen molar-refractivity contribution < 1.29 is 0 Å². The fourth-order valence-electron chi connectivity index (χ4n) is 2.07. The lowest BCUT2D eigenvalue weighted by atomic mass is 10.1. The zero-order valence-electron chi connectivity index (χ0n) is 11.7. The maximum Gasteiger partial charge on any atom is 0.333 e. The Hall–Kier alpha value is -0.963. The van der Waals surface area contributed by atoms with Crippen molar-refractivity contribution in [2.24, 2.45) is 0 Å². The molecule has 0 bridgehead atoms. The quantitative estimate of drug-likeness (QED) is 0.647. The van der Waals surface area contributed by atoms with Crippen LogP contribution in [0, 0.1) is 0 Å². The van der Waals surface area contributed by atoms with E-state index in [1.807, 2.05) is 0 Å². The van der Waals surface area contributed by atoms with Crippen molar-refractivity contribution >= 4 is 21.2 Å². The van der Waals surface area contributed by atoms with Crippen LogP contribution in [-0.2, 0) is 0 Å². The number of hydrogen-bond acceptors (Lipinski definition) is 2. The third-order valence-corrected chi connectivity index (χ3v) is 5.13. The molecule has 0 unspecified atom stereocenters. The molecule has 0 N–H and O–H groups in total. The topological polar surface area (TPSA) is 6.48 Å². The molecule has 17 heavy (non-hydrogen) atoms. The number of anilines is 2. The van der Waals surface area contributed by atoms with Crippen LogP contribution in [0.25, 0.3) is 0 Å². The number of nitrogens with zero attached hydrogens (tertiary/aromatic N) is 2. The molecule has 0 aromatic heterocycles. The van der Waals surface area contributed by atoms with Crippen LogP contribution < -0.4 is 9.13 Å². The normalized spacial score (nSPS) is 16.4. The Morgan fingerprint density at radius 2 is 1.12 bits per heavy atom. The summed E-state index contributed by atoms with van der Waals surface area (Å²) in [5, 5.41) is 0. The van der Waals surface area contributed by atoms with Crippen molar-refractivity contribution in [3.05, 3.63) is 24.3 Å². The Morgan fingerprint density at radius 1 is 0.765 bits per heavy atom. The SMILES string of the molecule is CC(C)(C)N1[Si]N(C(C)(C)C)c2ccccc21. The first kappa shape index (κ1) is 12.5. The summed E-state index contributed by atoms with van der Waals surface area (Å²) in [6, 6.07) is 8.74. The first-order valence-corrected chi connectivity index (χ1v) is 7.06. The fraction of sp³-hybridized carbons (Fsp3) is 0.571. The van der Waals surface area contributed by atoms with E-state index in [4.69, 9.17) is 0 Å². The largest absolute Gasteiger partial charge is 0.374 e. The van der Waals surface area contributed by atoms with Crippen molar-refractivity contribution in [3.63, 3.8) is 0 Å². The molecule has 0 spiro atoms. The van der Waals surface area contributed by atoms with Gasteiger partial charge in [0, 0.05) is 11.1 Å². The van der Waals surface area contributed by atoms with E-state index >= 15 is 0 Å². The fourth-order valence-corrected chi connectivity index (χ4v) is 3.47. The summed E-state index contributed by atoms with van der Waals surface area (Å²) < 4.78 is 5.02. The molecule has 2 nitrogen and oxygen atoms in total. The van der Waals surface area contributed by atoms with Crippen molar-refractivity contribution in [2.45, 2.75) is 52.6 Å². The molecule has 0 amide bonds. The molecule has 0 saturated heterocycles. The van der Waals surface area contributed by atoms with Crippen molar-refractivity contribution in [3.8, 4) is 0 Å². The number of benzene rings is 1. The molecule has 2 radical (unpaired) electrons. The third-order valence-electron chi connectivity index (χ3n) is 2.91. The molecule has 0 aliphatic carbocycles. The number of rotatable bonds is 0. The summed E-state index contributed by atoms with van der Waals surface area (Å²) in [6.45, 7) is 13.7. The van der Waals surface area contributed by atoms with Crippen LogP contribution in [0.3, 0.4) is 0 Å². The minimum atomic E-state index is 0.175. The molecular weight excluding hydrogens is 224 g/mol. The first-order valence-electron chi connectivity index (χ1n) is 6.17. The van der Waals surface area contributed by atoms with Gasteiger partial charge in [0.15, 0.2) is 0 Å². The highest BCUT2D eigenvalue weighted by atomic mass is 28.2. The molecular formula is C14H22N2Si. The molecule has 0 fully saturated rings. The summed E-state index contributed by atoms with van der Waals surface area (Å²) in [5.74, 6) is 0. The van der Waals surface area contributed by atoms with E-state index in [1.165, 1.54) is 11.4 Å². The highest BCUT2D eigenvalue weighted by Gasteiger charge is 2.38. The molecule has 92 valence electrons. The van der Waals surface area contributed by atoms with Gasteiger partial charge in [-0.05, 0) is 53.7 Å². The number of hydrogen-bond donors (Lipinski definition) is 0. The Morgan fingerprint density at radius 3 is 1.41 bits per heavy atom. The predicted molar refractivity (Wildman–Crippen MR) is 76.7 cm³/mol. The highest BCUT2D eigenvalue weighted by molar-refractivity contribution is 6.51. The van der Waals surface area contributed by atoms with Crippen LogP contribution >= 0.6 is 0 Å². The maximum absolute atomic E-state index is 2.51. The minimum absolute atomic E-state index is 0.175. The molecule has 1 aliphatic heterocycles. The van der Waals surface area contributed by atoms with E-state index in [0.717, 1.165) is 0 Å². The van der Waals surface area contributed by atoms with Crippen molar-refractivity contribution in [2.75, 3.05) is 9.13 Å². The highest BCUT2D eigenvalue weighted by Crippen LogP contribution is 2.41. The van der Waals surface area contributed by atoms with Gasteiger partial charge in [0.1, 0.15) is 0 Å². The van der Waals surface area contributed by atoms with Crippen molar-refractivity contribution in [1.82, 2.24) is 0 Å². The third kappa shape index (κ3) is 2.21. The Balaban J connectivity index is 2.47. The zero-order valence-corrected chi connectivity index (χ0v) is 12.7. The standard InChI is InChI=1S/C14H22N2Si/c1-13(2,3)15-11-9-7-8-10-12(11)16(17-15)14(4,5)6/h7-10H,1-6H3. The summed E-state index contributed by atoms with van der Waals surface area (Å²) in [5.41, 5.74) is 3.09. The zero-order chi connectivity index (χ0) is 12.8. The Bertz CT molecular complexity index is 376. The lowest BCUT2D eigenvalue weighted by molar-refractivity contribution is 0.568. The summed E-state index contributed by atoms with van der Waals surface area (Å²) >= 11 is 0. The van der Waals surface area contributed by atoms with Gasteiger partial charge in [-0.1, -0.05) is 12.1 Å². The van der Waals surface area contributed by atoms with Gasteiger partial charge in [-0.2, -0.15) is 0 Å². The minimum Gasteiger partial charge on any atom is -0.374 e. The smallest absolute Gasteiger partial charge is 0.333 e. The second kappa shape index (κ2) is 3.77. The van der Waals surface area contributed by atoms with E-state index < -0.39 is 0 Å². The van der Waals surface area contributed by atoms with E-state index in [-0.39, 0.29) is 11.1 Å². The monoisotopic (exact) mass is 246 g/mol. The number of para-hydroxylation sites is 2. The maximum atomic E-state index is 2.51. The molecule has 1 heterocycles. The lowest BCUT2D eigenvalue weighted by Gasteiger charge is -2.36. The molecule has 0 atom stereocenters. The van der Waals surface area contributed by atoms with Crippen LogP contribution in [0.4, 0.5) is 11.4 Å². The van der Waals surface area contributed by atoms with Crippen LogP contribution in [0.5, 0.6) is 0 Å². The lowest BCUT2D eigenvalue weighted by Crippen LogP contribution is -2.51. The second-order valence-corrected chi connectivity index (χ2v) is 7.70. The molecule has 2 rings (SSSR count). The van der Waals surface area contributed by atoms with E-state index in [2.05, 4.69) is 74.9 Å². The molecule has 1 aromatic carbocycles. The molecule has 1 aromatic rings. The van der Waals surface area contributed by atoms with Gasteiger partial charge in [-0.15, -0.1) is 0 Å². The van der Waals surface area contributed by atoms with Gasteiger partial charge in [0.25, 0.3) is 0 Å². The van der Waals surface area contributed by atoms with Gasteiger partial charge in [-0.3, -0.25) is 0 Å².